The highest BCUT2D eigenvalue weighted by Gasteiger charge is 2.34. The fourth-order valence-electron chi connectivity index (χ4n) is 1.46. The molecule has 12 heteroatoms. The SMILES string of the molecule is Cc1nn(S(C)(=O)=O)cc1Nc1ncc(C(F)(F)F)c(Cl)n1. The highest BCUT2D eigenvalue weighted by atomic mass is 35.5. The summed E-state index contributed by atoms with van der Waals surface area (Å²) in [6.45, 7) is 1.51. The predicted octanol–water partition coefficient (Wildman–Crippen LogP) is 2.21. The molecule has 0 saturated carbocycles. The number of hydrogen-bond acceptors (Lipinski definition) is 6. The number of aromatic nitrogens is 4. The first kappa shape index (κ1) is 16.5. The summed E-state index contributed by atoms with van der Waals surface area (Å²) in [6.07, 6.45) is -2.02. The molecule has 0 amide bonds. The van der Waals surface area contributed by atoms with Crippen LogP contribution in [0.1, 0.15) is 11.3 Å². The largest absolute Gasteiger partial charge is 0.420 e. The van der Waals surface area contributed by atoms with E-state index in [1.54, 1.807) is 0 Å². The molecule has 0 radical (unpaired) electrons. The van der Waals surface area contributed by atoms with Crippen molar-refractivity contribution in [3.63, 3.8) is 0 Å². The van der Waals surface area contributed by atoms with Crippen molar-refractivity contribution in [3.05, 3.63) is 28.8 Å². The Balaban J connectivity index is 2.33. The van der Waals surface area contributed by atoms with Crippen LogP contribution in [0.3, 0.4) is 0 Å². The van der Waals surface area contributed by atoms with E-state index in [2.05, 4.69) is 20.4 Å². The van der Waals surface area contributed by atoms with E-state index in [1.165, 1.54) is 6.92 Å². The summed E-state index contributed by atoms with van der Waals surface area (Å²) in [6, 6.07) is 0. The molecule has 0 fully saturated rings. The van der Waals surface area contributed by atoms with E-state index in [9.17, 15) is 21.6 Å². The van der Waals surface area contributed by atoms with Crippen molar-refractivity contribution in [1.82, 2.24) is 19.2 Å². The smallest absolute Gasteiger partial charge is 0.321 e. The van der Waals surface area contributed by atoms with Gasteiger partial charge in [0, 0.05) is 6.20 Å². The van der Waals surface area contributed by atoms with Crippen LogP contribution in [-0.2, 0) is 16.2 Å². The van der Waals surface area contributed by atoms with E-state index in [0.717, 1.165) is 16.5 Å². The monoisotopic (exact) mass is 355 g/mol. The van der Waals surface area contributed by atoms with E-state index >= 15 is 0 Å². The first-order valence-electron chi connectivity index (χ1n) is 5.62. The minimum absolute atomic E-state index is 0.214. The van der Waals surface area contributed by atoms with Gasteiger partial charge in [-0.15, -0.1) is 0 Å². The Kier molecular flexibility index (Phi) is 4.04. The van der Waals surface area contributed by atoms with E-state index in [0.29, 0.717) is 11.9 Å². The Morgan fingerprint density at radius 1 is 1.36 bits per heavy atom. The number of hydrogen-bond donors (Lipinski definition) is 1. The fourth-order valence-corrected chi connectivity index (χ4v) is 2.26. The standard InChI is InChI=1S/C10H9ClF3N5O2S/c1-5-7(4-19(18-5)22(2,20)21)16-9-15-3-6(8(11)17-9)10(12,13)14/h3-4H,1-2H3,(H,15,16,17). The summed E-state index contributed by atoms with van der Waals surface area (Å²) < 4.78 is 61.1. The van der Waals surface area contributed by atoms with Gasteiger partial charge in [-0.2, -0.15) is 22.4 Å². The van der Waals surface area contributed by atoms with Crippen LogP contribution < -0.4 is 5.32 Å². The number of alkyl halides is 3. The van der Waals surface area contributed by atoms with Crippen molar-refractivity contribution in [2.45, 2.75) is 13.1 Å². The number of halogens is 4. The summed E-state index contributed by atoms with van der Waals surface area (Å²) in [7, 11) is -3.58. The van der Waals surface area contributed by atoms with Gasteiger partial charge in [0.1, 0.15) is 10.7 Å². The Labute approximate surface area is 128 Å². The average molecular weight is 356 g/mol. The Hall–Kier alpha value is -1.88. The van der Waals surface area contributed by atoms with Gasteiger partial charge in [-0.1, -0.05) is 11.6 Å². The highest BCUT2D eigenvalue weighted by Crippen LogP contribution is 2.33. The maximum Gasteiger partial charge on any atom is 0.420 e. The molecule has 0 saturated heterocycles. The molecule has 2 heterocycles. The van der Waals surface area contributed by atoms with Gasteiger partial charge in [0.05, 0.1) is 23.8 Å². The predicted molar refractivity (Wildman–Crippen MR) is 72.5 cm³/mol. The van der Waals surface area contributed by atoms with E-state index in [1.807, 2.05) is 0 Å². The van der Waals surface area contributed by atoms with Crippen LogP contribution >= 0.6 is 11.6 Å². The second kappa shape index (κ2) is 5.39. The summed E-state index contributed by atoms with van der Waals surface area (Å²) in [5.74, 6) is -0.214. The fraction of sp³-hybridized carbons (Fsp3) is 0.300. The molecule has 22 heavy (non-hydrogen) atoms. The van der Waals surface area contributed by atoms with Crippen molar-refractivity contribution < 1.29 is 21.6 Å². The molecule has 2 aromatic heterocycles. The molecular formula is C10H9ClF3N5O2S. The highest BCUT2D eigenvalue weighted by molar-refractivity contribution is 7.89. The van der Waals surface area contributed by atoms with Gasteiger partial charge in [0.2, 0.25) is 5.95 Å². The molecule has 0 aromatic carbocycles. The molecular weight excluding hydrogens is 347 g/mol. The molecule has 0 aliphatic rings. The summed E-state index contributed by atoms with van der Waals surface area (Å²) in [5, 5.41) is 5.55. The van der Waals surface area contributed by atoms with Crippen LogP contribution in [0.15, 0.2) is 12.4 Å². The molecule has 0 aliphatic heterocycles. The number of rotatable bonds is 3. The summed E-state index contributed by atoms with van der Waals surface area (Å²) >= 11 is 5.47. The van der Waals surface area contributed by atoms with Crippen LogP contribution in [-0.4, -0.2) is 33.8 Å². The second-order valence-electron chi connectivity index (χ2n) is 4.28. The van der Waals surface area contributed by atoms with Crippen molar-refractivity contribution in [1.29, 1.82) is 0 Å². The van der Waals surface area contributed by atoms with Gasteiger partial charge in [0.25, 0.3) is 10.0 Å². The van der Waals surface area contributed by atoms with Crippen LogP contribution in [0.4, 0.5) is 24.8 Å². The molecule has 120 valence electrons. The minimum Gasteiger partial charge on any atom is -0.321 e. The number of nitrogens with zero attached hydrogens (tertiary/aromatic N) is 4. The molecule has 0 unspecified atom stereocenters. The first-order chi connectivity index (χ1) is 9.98. The van der Waals surface area contributed by atoms with Gasteiger partial charge in [-0.25, -0.2) is 18.4 Å². The molecule has 0 spiro atoms. The Morgan fingerprint density at radius 2 is 2.00 bits per heavy atom. The lowest BCUT2D eigenvalue weighted by molar-refractivity contribution is -0.137. The lowest BCUT2D eigenvalue weighted by atomic mass is 10.3. The third-order valence-electron chi connectivity index (χ3n) is 2.51. The molecule has 1 N–H and O–H groups in total. The minimum atomic E-state index is -4.66. The van der Waals surface area contributed by atoms with Gasteiger partial charge in [-0.3, -0.25) is 0 Å². The molecule has 7 nitrogen and oxygen atoms in total. The quantitative estimate of drug-likeness (QED) is 0.849. The first-order valence-corrected chi connectivity index (χ1v) is 7.84. The van der Waals surface area contributed by atoms with Crippen molar-refractivity contribution in [3.8, 4) is 0 Å². The van der Waals surface area contributed by atoms with Crippen molar-refractivity contribution in [2.75, 3.05) is 11.6 Å². The lowest BCUT2D eigenvalue weighted by Gasteiger charge is -2.09. The Bertz CT molecular complexity index is 818. The maximum atomic E-state index is 12.5. The maximum absolute atomic E-state index is 12.5. The molecule has 2 aromatic rings. The topological polar surface area (TPSA) is 89.8 Å². The van der Waals surface area contributed by atoms with Crippen LogP contribution in [0.5, 0.6) is 0 Å². The third kappa shape index (κ3) is 3.47. The van der Waals surface area contributed by atoms with E-state index in [-0.39, 0.29) is 11.6 Å². The van der Waals surface area contributed by atoms with Gasteiger partial charge < -0.3 is 5.32 Å². The van der Waals surface area contributed by atoms with Crippen LogP contribution in [0.2, 0.25) is 5.15 Å². The molecule has 2 rings (SSSR count). The zero-order valence-electron chi connectivity index (χ0n) is 11.2. The van der Waals surface area contributed by atoms with Gasteiger partial charge in [0.15, 0.2) is 0 Å². The number of anilines is 2. The number of aryl methyl sites for hydroxylation is 1. The molecule has 0 bridgehead atoms. The zero-order chi connectivity index (χ0) is 16.7. The summed E-state index contributed by atoms with van der Waals surface area (Å²) in [5.41, 5.74) is -0.644. The third-order valence-corrected chi connectivity index (χ3v) is 3.67. The summed E-state index contributed by atoms with van der Waals surface area (Å²) in [4.78, 5) is 6.98. The van der Waals surface area contributed by atoms with E-state index < -0.39 is 26.9 Å². The molecule has 0 aliphatic carbocycles. The Morgan fingerprint density at radius 3 is 2.45 bits per heavy atom. The van der Waals surface area contributed by atoms with Crippen LogP contribution in [0.25, 0.3) is 0 Å². The van der Waals surface area contributed by atoms with Gasteiger partial charge in [-0.05, 0) is 6.92 Å². The normalized spacial score (nSPS) is 12.5. The number of nitrogens with one attached hydrogen (secondary N) is 1. The molecule has 0 atom stereocenters. The van der Waals surface area contributed by atoms with Crippen LogP contribution in [0, 0.1) is 6.92 Å². The van der Waals surface area contributed by atoms with Crippen molar-refractivity contribution >= 4 is 33.3 Å². The second-order valence-corrected chi connectivity index (χ2v) is 6.48. The van der Waals surface area contributed by atoms with E-state index in [4.69, 9.17) is 11.6 Å². The van der Waals surface area contributed by atoms with Gasteiger partial charge >= 0.3 is 6.18 Å². The zero-order valence-corrected chi connectivity index (χ0v) is 12.8. The lowest BCUT2D eigenvalue weighted by Crippen LogP contribution is -2.10. The van der Waals surface area contributed by atoms with Crippen molar-refractivity contribution in [2.24, 2.45) is 0 Å². The average Bonchev–Trinajstić information content (AvgIpc) is 2.69.